The average Bonchev–Trinajstić information content (AvgIpc) is 3.02. The molecule has 3 rings (SSSR count). The van der Waals surface area contributed by atoms with Gasteiger partial charge in [0.05, 0.1) is 12.0 Å². The molecule has 6 nitrogen and oxygen atoms in total. The lowest BCUT2D eigenvalue weighted by Crippen LogP contribution is -2.46. The molecular weight excluding hydrogens is 375 g/mol. The normalized spacial score (nSPS) is 20.9. The van der Waals surface area contributed by atoms with Crippen LogP contribution < -0.4 is 5.32 Å². The molecule has 2 aromatic rings. The minimum atomic E-state index is -1.31. The lowest BCUT2D eigenvalue weighted by molar-refractivity contribution is -0.143. The number of carboxylic acids is 1. The molecular formula is C22H23FN2O4. The Morgan fingerprint density at radius 1 is 1.17 bits per heavy atom. The average molecular weight is 398 g/mol. The van der Waals surface area contributed by atoms with Crippen LogP contribution >= 0.6 is 0 Å². The van der Waals surface area contributed by atoms with E-state index in [1.165, 1.54) is 17.0 Å². The van der Waals surface area contributed by atoms with Gasteiger partial charge in [0.15, 0.2) is 0 Å². The maximum atomic E-state index is 13.3. The van der Waals surface area contributed by atoms with Gasteiger partial charge in [-0.15, -0.1) is 0 Å². The molecule has 2 amide bonds. The summed E-state index contributed by atoms with van der Waals surface area (Å²) in [4.78, 5) is 38.6. The van der Waals surface area contributed by atoms with Gasteiger partial charge >= 0.3 is 5.97 Å². The van der Waals surface area contributed by atoms with Crippen molar-refractivity contribution in [3.63, 3.8) is 0 Å². The largest absolute Gasteiger partial charge is 0.481 e. The fourth-order valence-electron chi connectivity index (χ4n) is 3.72. The summed E-state index contributed by atoms with van der Waals surface area (Å²) < 4.78 is 13.3. The molecule has 1 saturated heterocycles. The highest BCUT2D eigenvalue weighted by atomic mass is 19.1. The second-order valence-corrected chi connectivity index (χ2v) is 7.53. The first kappa shape index (κ1) is 20.5. The third kappa shape index (κ3) is 3.99. The molecule has 2 N–H and O–H groups in total. The Labute approximate surface area is 168 Å². The van der Waals surface area contributed by atoms with Gasteiger partial charge in [0, 0.05) is 20.0 Å². The van der Waals surface area contributed by atoms with Crippen molar-refractivity contribution in [2.75, 3.05) is 13.6 Å². The van der Waals surface area contributed by atoms with Crippen LogP contribution in [0, 0.1) is 11.7 Å². The summed E-state index contributed by atoms with van der Waals surface area (Å²) in [5, 5.41) is 12.5. The smallest absolute Gasteiger partial charge is 0.315 e. The number of benzene rings is 2. The van der Waals surface area contributed by atoms with Gasteiger partial charge < -0.3 is 15.3 Å². The van der Waals surface area contributed by atoms with Gasteiger partial charge in [0.1, 0.15) is 11.2 Å². The molecule has 0 bridgehead atoms. The molecule has 152 valence electrons. The van der Waals surface area contributed by atoms with Crippen molar-refractivity contribution in [1.29, 1.82) is 0 Å². The maximum absolute atomic E-state index is 13.3. The summed E-state index contributed by atoms with van der Waals surface area (Å²) in [6.45, 7) is 1.43. The lowest BCUT2D eigenvalue weighted by Gasteiger charge is -2.28. The van der Waals surface area contributed by atoms with Crippen molar-refractivity contribution >= 4 is 17.8 Å². The SMILES string of the molecule is CN1C(=O)CC(C(=O)NCC(C)(C(=O)O)c2ccccc2)C1c1ccc(F)cc1. The molecule has 1 fully saturated rings. The molecule has 0 radical (unpaired) electrons. The highest BCUT2D eigenvalue weighted by Crippen LogP contribution is 2.37. The van der Waals surface area contributed by atoms with Crippen molar-refractivity contribution in [2.24, 2.45) is 5.92 Å². The zero-order valence-corrected chi connectivity index (χ0v) is 16.3. The van der Waals surface area contributed by atoms with E-state index in [4.69, 9.17) is 0 Å². The van der Waals surface area contributed by atoms with Crippen molar-refractivity contribution < 1.29 is 23.9 Å². The molecule has 3 unspecified atom stereocenters. The molecule has 7 heteroatoms. The summed E-state index contributed by atoms with van der Waals surface area (Å²) in [5.41, 5.74) is -0.0805. The van der Waals surface area contributed by atoms with Gasteiger partial charge in [-0.2, -0.15) is 0 Å². The number of hydrogen-bond donors (Lipinski definition) is 2. The van der Waals surface area contributed by atoms with Gasteiger partial charge in [-0.3, -0.25) is 14.4 Å². The first-order valence-electron chi connectivity index (χ1n) is 9.32. The number of carbonyl (C=O) groups excluding carboxylic acids is 2. The highest BCUT2D eigenvalue weighted by molar-refractivity contribution is 5.91. The Balaban J connectivity index is 1.80. The van der Waals surface area contributed by atoms with E-state index in [0.29, 0.717) is 11.1 Å². The quantitative estimate of drug-likeness (QED) is 0.783. The van der Waals surface area contributed by atoms with Crippen molar-refractivity contribution in [3.8, 4) is 0 Å². The van der Waals surface area contributed by atoms with E-state index in [1.54, 1.807) is 56.4 Å². The first-order valence-corrected chi connectivity index (χ1v) is 9.32. The molecule has 0 aliphatic carbocycles. The number of rotatable bonds is 6. The molecule has 1 aliphatic rings. The van der Waals surface area contributed by atoms with E-state index in [1.807, 2.05) is 0 Å². The van der Waals surface area contributed by atoms with Gasteiger partial charge in [0.2, 0.25) is 11.8 Å². The first-order chi connectivity index (χ1) is 13.7. The molecule has 2 aromatic carbocycles. The lowest BCUT2D eigenvalue weighted by atomic mass is 9.82. The van der Waals surface area contributed by atoms with Crippen molar-refractivity contribution in [1.82, 2.24) is 10.2 Å². The van der Waals surface area contributed by atoms with E-state index in [0.717, 1.165) is 0 Å². The molecule has 1 aliphatic heterocycles. The van der Waals surface area contributed by atoms with Crippen LogP contribution in [0.2, 0.25) is 0 Å². The fraction of sp³-hybridized carbons (Fsp3) is 0.318. The third-order valence-electron chi connectivity index (χ3n) is 5.63. The number of likely N-dealkylation sites (tertiary alicyclic amines) is 1. The van der Waals surface area contributed by atoms with E-state index in [2.05, 4.69) is 5.32 Å². The molecule has 0 spiro atoms. The molecule has 29 heavy (non-hydrogen) atoms. The van der Waals surface area contributed by atoms with E-state index in [9.17, 15) is 23.9 Å². The van der Waals surface area contributed by atoms with Crippen molar-refractivity contribution in [3.05, 3.63) is 71.5 Å². The van der Waals surface area contributed by atoms with Crippen LogP contribution in [-0.4, -0.2) is 41.4 Å². The zero-order valence-electron chi connectivity index (χ0n) is 16.3. The van der Waals surface area contributed by atoms with Crippen LogP contribution in [0.25, 0.3) is 0 Å². The number of hydrogen-bond acceptors (Lipinski definition) is 3. The molecule has 0 aromatic heterocycles. The molecule has 3 atom stereocenters. The maximum Gasteiger partial charge on any atom is 0.315 e. The summed E-state index contributed by atoms with van der Waals surface area (Å²) in [5.74, 6) is -2.74. The summed E-state index contributed by atoms with van der Waals surface area (Å²) in [6.07, 6.45) is 0.0134. The van der Waals surface area contributed by atoms with Crippen molar-refractivity contribution in [2.45, 2.75) is 24.8 Å². The van der Waals surface area contributed by atoms with Gasteiger partial charge in [-0.05, 0) is 30.2 Å². The number of halogens is 1. The minimum Gasteiger partial charge on any atom is -0.481 e. The number of aliphatic carboxylic acids is 1. The number of carbonyl (C=O) groups is 3. The number of nitrogens with one attached hydrogen (secondary N) is 1. The summed E-state index contributed by atoms with van der Waals surface area (Å²) >= 11 is 0. The van der Waals surface area contributed by atoms with E-state index in [-0.39, 0.29) is 18.9 Å². The Kier molecular flexibility index (Phi) is 5.68. The number of carboxylic acid groups (broad SMARTS) is 1. The van der Waals surface area contributed by atoms with Gasteiger partial charge in [-0.1, -0.05) is 42.5 Å². The van der Waals surface area contributed by atoms with E-state index < -0.39 is 35.1 Å². The monoisotopic (exact) mass is 398 g/mol. The number of nitrogens with zero attached hydrogens (tertiary/aromatic N) is 1. The Morgan fingerprint density at radius 3 is 2.38 bits per heavy atom. The fourth-order valence-corrected chi connectivity index (χ4v) is 3.72. The summed E-state index contributed by atoms with van der Waals surface area (Å²) in [7, 11) is 1.61. The standard InChI is InChI=1S/C22H23FN2O4/c1-22(21(28)29,15-6-4-3-5-7-15)13-24-20(27)17-12-18(26)25(2)19(17)14-8-10-16(23)11-9-14/h3-11,17,19H,12-13H2,1-2H3,(H,24,27)(H,28,29). The van der Waals surface area contributed by atoms with Crippen LogP contribution in [0.15, 0.2) is 54.6 Å². The Bertz CT molecular complexity index is 916. The predicted octanol–water partition coefficient (Wildman–Crippen LogP) is 2.50. The topological polar surface area (TPSA) is 86.7 Å². The van der Waals surface area contributed by atoms with Crippen LogP contribution in [0.5, 0.6) is 0 Å². The molecule has 0 saturated carbocycles. The van der Waals surface area contributed by atoms with E-state index >= 15 is 0 Å². The van der Waals surface area contributed by atoms with Crippen LogP contribution in [0.1, 0.15) is 30.5 Å². The van der Waals surface area contributed by atoms with Gasteiger partial charge in [0.25, 0.3) is 0 Å². The predicted molar refractivity (Wildman–Crippen MR) is 104 cm³/mol. The molecule has 1 heterocycles. The second kappa shape index (κ2) is 8.03. The van der Waals surface area contributed by atoms with Crippen LogP contribution in [0.3, 0.4) is 0 Å². The number of amides is 2. The third-order valence-corrected chi connectivity index (χ3v) is 5.63. The summed E-state index contributed by atoms with van der Waals surface area (Å²) in [6, 6.07) is 13.8. The van der Waals surface area contributed by atoms with Gasteiger partial charge in [-0.25, -0.2) is 4.39 Å². The second-order valence-electron chi connectivity index (χ2n) is 7.53. The van der Waals surface area contributed by atoms with Crippen LogP contribution in [-0.2, 0) is 19.8 Å². The Hall–Kier alpha value is -3.22. The van der Waals surface area contributed by atoms with Crippen LogP contribution in [0.4, 0.5) is 4.39 Å². The zero-order chi connectivity index (χ0) is 21.2. The minimum absolute atomic E-state index is 0.0134. The highest BCUT2D eigenvalue weighted by Gasteiger charge is 2.44. The Morgan fingerprint density at radius 2 is 1.79 bits per heavy atom.